The molecule has 0 N–H and O–H groups in total. The van der Waals surface area contributed by atoms with E-state index < -0.39 is 0 Å². The van der Waals surface area contributed by atoms with E-state index in [4.69, 9.17) is 9.47 Å². The molecule has 1 unspecified atom stereocenters. The first-order chi connectivity index (χ1) is 6.36. The fourth-order valence-corrected chi connectivity index (χ4v) is 2.08. The summed E-state index contributed by atoms with van der Waals surface area (Å²) in [7, 11) is 0. The summed E-state index contributed by atoms with van der Waals surface area (Å²) in [5, 5.41) is 0. The molecule has 2 heterocycles. The molecule has 0 aromatic rings. The third-order valence-electron chi connectivity index (χ3n) is 2.97. The van der Waals surface area contributed by atoms with Crippen molar-refractivity contribution in [3.8, 4) is 0 Å². The van der Waals surface area contributed by atoms with E-state index in [0.29, 0.717) is 12.1 Å². The van der Waals surface area contributed by atoms with Gasteiger partial charge in [0.25, 0.3) is 0 Å². The third kappa shape index (κ3) is 2.42. The standard InChI is InChI=1S/C10H19NO2/c1-9-8-12-6-4-11(9)7-10-3-2-5-13-10/h9-10H,2-8H2,1H3/t9?,10-/m1/s1. The van der Waals surface area contributed by atoms with Crippen LogP contribution >= 0.6 is 0 Å². The Labute approximate surface area is 80.0 Å². The number of morpholine rings is 1. The molecule has 2 fully saturated rings. The van der Waals surface area contributed by atoms with Gasteiger partial charge in [0.15, 0.2) is 0 Å². The minimum atomic E-state index is 0.487. The lowest BCUT2D eigenvalue weighted by atomic mass is 10.2. The number of rotatable bonds is 2. The normalized spacial score (nSPS) is 36.7. The van der Waals surface area contributed by atoms with Crippen LogP contribution in [0.15, 0.2) is 0 Å². The maximum Gasteiger partial charge on any atom is 0.0702 e. The van der Waals surface area contributed by atoms with E-state index in [2.05, 4.69) is 11.8 Å². The van der Waals surface area contributed by atoms with Crippen LogP contribution in [-0.2, 0) is 9.47 Å². The summed E-state index contributed by atoms with van der Waals surface area (Å²) in [6.07, 6.45) is 2.97. The first kappa shape index (κ1) is 9.44. The highest BCUT2D eigenvalue weighted by Crippen LogP contribution is 2.15. The molecule has 2 saturated heterocycles. The summed E-state index contributed by atoms with van der Waals surface area (Å²) < 4.78 is 11.0. The topological polar surface area (TPSA) is 21.7 Å². The summed E-state index contributed by atoms with van der Waals surface area (Å²) in [5.74, 6) is 0. The van der Waals surface area contributed by atoms with Crippen LogP contribution in [0.4, 0.5) is 0 Å². The molecule has 0 saturated carbocycles. The number of hydrogen-bond acceptors (Lipinski definition) is 3. The average molecular weight is 185 g/mol. The van der Waals surface area contributed by atoms with Crippen molar-refractivity contribution >= 4 is 0 Å². The van der Waals surface area contributed by atoms with Gasteiger partial charge in [-0.05, 0) is 19.8 Å². The first-order valence-corrected chi connectivity index (χ1v) is 5.29. The van der Waals surface area contributed by atoms with Gasteiger partial charge in [0.2, 0.25) is 0 Å². The lowest BCUT2D eigenvalue weighted by Gasteiger charge is -2.34. The zero-order valence-electron chi connectivity index (χ0n) is 8.37. The van der Waals surface area contributed by atoms with Crippen molar-refractivity contribution in [1.82, 2.24) is 4.90 Å². The largest absolute Gasteiger partial charge is 0.379 e. The number of hydrogen-bond donors (Lipinski definition) is 0. The van der Waals surface area contributed by atoms with Crippen LogP contribution in [0.3, 0.4) is 0 Å². The molecule has 76 valence electrons. The van der Waals surface area contributed by atoms with Gasteiger partial charge in [-0.1, -0.05) is 0 Å². The minimum absolute atomic E-state index is 0.487. The summed E-state index contributed by atoms with van der Waals surface area (Å²) >= 11 is 0. The SMILES string of the molecule is CC1COCCN1C[C@H]1CCCO1. The van der Waals surface area contributed by atoms with Crippen LogP contribution in [0.25, 0.3) is 0 Å². The summed E-state index contributed by atoms with van der Waals surface area (Å²) in [4.78, 5) is 2.49. The lowest BCUT2D eigenvalue weighted by Crippen LogP contribution is -2.46. The second kappa shape index (κ2) is 4.40. The van der Waals surface area contributed by atoms with Crippen LogP contribution in [0, 0.1) is 0 Å². The van der Waals surface area contributed by atoms with Gasteiger partial charge in [-0.3, -0.25) is 4.90 Å². The molecule has 2 atom stereocenters. The molecule has 0 amide bonds. The Morgan fingerprint density at radius 1 is 1.38 bits per heavy atom. The smallest absolute Gasteiger partial charge is 0.0702 e. The molecule has 0 aromatic carbocycles. The lowest BCUT2D eigenvalue weighted by molar-refractivity contribution is -0.0244. The van der Waals surface area contributed by atoms with Crippen LogP contribution in [0.1, 0.15) is 19.8 Å². The average Bonchev–Trinajstić information content (AvgIpc) is 2.61. The molecule has 3 heteroatoms. The van der Waals surface area contributed by atoms with E-state index in [1.807, 2.05) is 0 Å². The molecule has 2 aliphatic heterocycles. The van der Waals surface area contributed by atoms with E-state index in [0.717, 1.165) is 32.9 Å². The Morgan fingerprint density at radius 2 is 2.31 bits per heavy atom. The van der Waals surface area contributed by atoms with Gasteiger partial charge in [0.1, 0.15) is 0 Å². The van der Waals surface area contributed by atoms with Crippen molar-refractivity contribution in [1.29, 1.82) is 0 Å². The van der Waals surface area contributed by atoms with Crippen molar-refractivity contribution in [2.75, 3.05) is 32.9 Å². The highest BCUT2D eigenvalue weighted by Gasteiger charge is 2.24. The minimum Gasteiger partial charge on any atom is -0.379 e. The molecular formula is C10H19NO2. The zero-order chi connectivity index (χ0) is 9.10. The van der Waals surface area contributed by atoms with Gasteiger partial charge in [-0.2, -0.15) is 0 Å². The predicted octanol–water partition coefficient (Wildman–Crippen LogP) is 0.886. The van der Waals surface area contributed by atoms with Gasteiger partial charge in [0.05, 0.1) is 19.3 Å². The van der Waals surface area contributed by atoms with Crippen LogP contribution in [0.5, 0.6) is 0 Å². The Hall–Kier alpha value is -0.120. The van der Waals surface area contributed by atoms with E-state index >= 15 is 0 Å². The summed E-state index contributed by atoms with van der Waals surface area (Å²) in [6, 6.07) is 0.568. The van der Waals surface area contributed by atoms with Crippen LogP contribution in [0.2, 0.25) is 0 Å². The molecule has 3 nitrogen and oxygen atoms in total. The van der Waals surface area contributed by atoms with Crippen molar-refractivity contribution in [3.63, 3.8) is 0 Å². The van der Waals surface area contributed by atoms with E-state index in [1.165, 1.54) is 12.8 Å². The van der Waals surface area contributed by atoms with Crippen LogP contribution in [-0.4, -0.2) is 50.0 Å². The van der Waals surface area contributed by atoms with Crippen LogP contribution < -0.4 is 0 Å². The Bertz CT molecular complexity index is 157. The van der Waals surface area contributed by atoms with Gasteiger partial charge >= 0.3 is 0 Å². The monoisotopic (exact) mass is 185 g/mol. The van der Waals surface area contributed by atoms with Gasteiger partial charge in [0, 0.05) is 25.7 Å². The maximum absolute atomic E-state index is 5.62. The van der Waals surface area contributed by atoms with Gasteiger partial charge < -0.3 is 9.47 Å². The van der Waals surface area contributed by atoms with E-state index in [9.17, 15) is 0 Å². The van der Waals surface area contributed by atoms with E-state index in [-0.39, 0.29) is 0 Å². The highest BCUT2D eigenvalue weighted by molar-refractivity contribution is 4.76. The first-order valence-electron chi connectivity index (χ1n) is 5.29. The molecule has 2 rings (SSSR count). The molecule has 2 aliphatic rings. The molecule has 0 radical (unpaired) electrons. The van der Waals surface area contributed by atoms with Crippen molar-refractivity contribution in [3.05, 3.63) is 0 Å². The third-order valence-corrected chi connectivity index (χ3v) is 2.97. The van der Waals surface area contributed by atoms with E-state index in [1.54, 1.807) is 0 Å². The molecule has 0 spiro atoms. The fraction of sp³-hybridized carbons (Fsp3) is 1.00. The summed E-state index contributed by atoms with van der Waals surface area (Å²) in [5.41, 5.74) is 0. The number of ether oxygens (including phenoxy) is 2. The summed E-state index contributed by atoms with van der Waals surface area (Å²) in [6.45, 7) is 7.13. The predicted molar refractivity (Wildman–Crippen MR) is 50.8 cm³/mol. The second-order valence-corrected chi connectivity index (χ2v) is 4.05. The second-order valence-electron chi connectivity index (χ2n) is 4.05. The Balaban J connectivity index is 1.78. The maximum atomic E-state index is 5.62. The van der Waals surface area contributed by atoms with Crippen molar-refractivity contribution < 1.29 is 9.47 Å². The molecule has 0 aliphatic carbocycles. The number of nitrogens with zero attached hydrogens (tertiary/aromatic N) is 1. The molecule has 13 heavy (non-hydrogen) atoms. The van der Waals surface area contributed by atoms with Crippen molar-refractivity contribution in [2.24, 2.45) is 0 Å². The quantitative estimate of drug-likeness (QED) is 0.637. The Morgan fingerprint density at radius 3 is 3.00 bits per heavy atom. The molecule has 0 aromatic heterocycles. The van der Waals surface area contributed by atoms with Crippen molar-refractivity contribution in [2.45, 2.75) is 31.9 Å². The molecular weight excluding hydrogens is 166 g/mol. The molecule has 0 bridgehead atoms. The fourth-order valence-electron chi connectivity index (χ4n) is 2.08. The highest BCUT2D eigenvalue weighted by atomic mass is 16.5. The van der Waals surface area contributed by atoms with Gasteiger partial charge in [-0.15, -0.1) is 0 Å². The Kier molecular flexibility index (Phi) is 3.19. The van der Waals surface area contributed by atoms with Gasteiger partial charge in [-0.25, -0.2) is 0 Å². The zero-order valence-corrected chi connectivity index (χ0v) is 8.37.